The van der Waals surface area contributed by atoms with Gasteiger partial charge in [0, 0.05) is 0 Å². The van der Waals surface area contributed by atoms with E-state index >= 15 is 0 Å². The lowest BCUT2D eigenvalue weighted by Crippen LogP contribution is -1.65. The first-order valence-electron chi connectivity index (χ1n) is 3.56. The summed E-state index contributed by atoms with van der Waals surface area (Å²) in [4.78, 5) is 0. The van der Waals surface area contributed by atoms with E-state index < -0.39 is 0 Å². The molecular weight excluding hydrogens is 96.1 g/mol. The Morgan fingerprint density at radius 2 is 1.88 bits per heavy atom. The third-order valence-corrected chi connectivity index (χ3v) is 1.13. The molecule has 0 aromatic rings. The second-order valence-electron chi connectivity index (χ2n) is 2.02. The Balaban J connectivity index is 2.80. The predicted octanol–water partition coefficient (Wildman–Crippen LogP) is 3.14. The molecule has 0 spiro atoms. The zero-order valence-corrected chi connectivity index (χ0v) is 5.98. The molecule has 0 heterocycles. The molecule has 0 nitrogen and oxygen atoms in total. The van der Waals surface area contributed by atoms with Gasteiger partial charge in [0.15, 0.2) is 0 Å². The van der Waals surface area contributed by atoms with E-state index in [1.54, 1.807) is 0 Å². The van der Waals surface area contributed by atoms with Crippen LogP contribution < -0.4 is 0 Å². The first-order chi connectivity index (χ1) is 3.91. The van der Waals surface area contributed by atoms with Gasteiger partial charge < -0.3 is 0 Å². The van der Waals surface area contributed by atoms with E-state index in [1.807, 2.05) is 0 Å². The molecule has 0 atom stereocenters. The number of unbranched alkanes of at least 4 members (excludes halogenated alkanes) is 2. The molecule has 0 aliphatic rings. The number of allylic oxidation sites excluding steroid dienone is 2. The highest BCUT2D eigenvalue weighted by atomic mass is 13.8. The van der Waals surface area contributed by atoms with E-state index in [-0.39, 0.29) is 0 Å². The lowest BCUT2D eigenvalue weighted by atomic mass is 10.2. The molecule has 0 heteroatoms. The van der Waals surface area contributed by atoms with Crippen LogP contribution in [0.3, 0.4) is 0 Å². The van der Waals surface area contributed by atoms with Crippen molar-refractivity contribution in [3.63, 3.8) is 0 Å². The van der Waals surface area contributed by atoms with E-state index in [9.17, 15) is 0 Å². The summed E-state index contributed by atoms with van der Waals surface area (Å²) in [6.07, 6.45) is 9.61. The third kappa shape index (κ3) is 5.74. The maximum Gasteiger partial charge on any atom is -0.0351 e. The first kappa shape index (κ1) is 7.74. The van der Waals surface area contributed by atoms with Crippen molar-refractivity contribution in [1.82, 2.24) is 0 Å². The Bertz CT molecular complexity index is 53.1. The van der Waals surface area contributed by atoms with Crippen molar-refractivity contribution in [2.45, 2.75) is 39.5 Å². The molecule has 0 unspecified atom stereocenters. The second-order valence-corrected chi connectivity index (χ2v) is 2.02. The van der Waals surface area contributed by atoms with Gasteiger partial charge in [0.2, 0.25) is 0 Å². The van der Waals surface area contributed by atoms with Crippen LogP contribution in [0, 0.1) is 0 Å². The maximum atomic E-state index is 2.27. The van der Waals surface area contributed by atoms with Crippen molar-refractivity contribution in [3.8, 4) is 0 Å². The van der Waals surface area contributed by atoms with Crippen LogP contribution in [-0.4, -0.2) is 0 Å². The van der Waals surface area contributed by atoms with Crippen molar-refractivity contribution in [1.29, 1.82) is 0 Å². The van der Waals surface area contributed by atoms with Crippen LogP contribution >= 0.6 is 0 Å². The van der Waals surface area contributed by atoms with E-state index in [0.717, 1.165) is 0 Å². The summed E-state index contributed by atoms with van der Waals surface area (Å²) in [5.41, 5.74) is 0. The average Bonchev–Trinajstić information content (AvgIpc) is 1.81. The Hall–Kier alpha value is -0.260. The zero-order chi connectivity index (χ0) is 6.24. The van der Waals surface area contributed by atoms with Crippen LogP contribution in [0.2, 0.25) is 0 Å². The van der Waals surface area contributed by atoms with Crippen LogP contribution in [0.4, 0.5) is 0 Å². The van der Waals surface area contributed by atoms with Gasteiger partial charge in [0.05, 0.1) is 0 Å². The highest BCUT2D eigenvalue weighted by Crippen LogP contribution is 1.94. The van der Waals surface area contributed by atoms with Crippen molar-refractivity contribution >= 4 is 0 Å². The molecule has 0 aromatic carbocycles. The molecule has 0 amide bonds. The lowest BCUT2D eigenvalue weighted by molar-refractivity contribution is 0.812. The van der Waals surface area contributed by atoms with Gasteiger partial charge >= 0.3 is 0 Å². The molecule has 0 aliphatic heterocycles. The second kappa shape index (κ2) is 6.74. The summed E-state index contributed by atoms with van der Waals surface area (Å²) in [5.74, 6) is 0. The van der Waals surface area contributed by atoms with Crippen LogP contribution in [-0.2, 0) is 0 Å². The van der Waals surface area contributed by atoms with E-state index in [0.29, 0.717) is 0 Å². The van der Waals surface area contributed by atoms with Crippen molar-refractivity contribution in [2.24, 2.45) is 0 Å². The Labute approximate surface area is 52.6 Å². The third-order valence-electron chi connectivity index (χ3n) is 1.13. The van der Waals surface area contributed by atoms with E-state index in [1.165, 1.54) is 25.7 Å². The summed E-state index contributed by atoms with van der Waals surface area (Å²) in [5, 5.41) is 0. The normalized spacial score (nSPS) is 10.8. The van der Waals surface area contributed by atoms with Crippen LogP contribution in [0.15, 0.2) is 12.2 Å². The summed E-state index contributed by atoms with van der Waals surface area (Å²) < 4.78 is 0. The fourth-order valence-corrected chi connectivity index (χ4v) is 0.606. The quantitative estimate of drug-likeness (QED) is 0.387. The monoisotopic (exact) mass is 112 g/mol. The molecule has 8 heavy (non-hydrogen) atoms. The number of hydrogen-bond acceptors (Lipinski definition) is 0. The molecule has 0 bridgehead atoms. The van der Waals surface area contributed by atoms with Gasteiger partial charge in [-0.1, -0.05) is 38.8 Å². The van der Waals surface area contributed by atoms with Gasteiger partial charge in [-0.05, 0) is 12.8 Å². The van der Waals surface area contributed by atoms with Gasteiger partial charge in [0.1, 0.15) is 0 Å². The lowest BCUT2D eigenvalue weighted by Gasteiger charge is -1.85. The van der Waals surface area contributed by atoms with Gasteiger partial charge in [-0.25, -0.2) is 0 Å². The predicted molar refractivity (Wildman–Crippen MR) is 39.0 cm³/mol. The number of hydrogen-bond donors (Lipinski definition) is 0. The standard InChI is InChI=1S/C8H16/c1-3-5-7-8-6-4-2/h5,7H,3-4,6,8H2,1-2H3. The van der Waals surface area contributed by atoms with Gasteiger partial charge in [-0.2, -0.15) is 0 Å². The van der Waals surface area contributed by atoms with Crippen LogP contribution in [0.5, 0.6) is 0 Å². The Kier molecular flexibility index (Phi) is 6.52. The van der Waals surface area contributed by atoms with Crippen LogP contribution in [0.1, 0.15) is 39.5 Å². The zero-order valence-electron chi connectivity index (χ0n) is 5.98. The Morgan fingerprint density at radius 3 is 2.38 bits per heavy atom. The number of rotatable bonds is 4. The molecule has 0 N–H and O–H groups in total. The van der Waals surface area contributed by atoms with Crippen LogP contribution in [0.25, 0.3) is 0 Å². The highest BCUT2D eigenvalue weighted by Gasteiger charge is 1.74. The molecule has 0 radical (unpaired) electrons. The molecule has 0 aromatic heterocycles. The molecule has 48 valence electrons. The molecule has 0 fully saturated rings. The van der Waals surface area contributed by atoms with E-state index in [2.05, 4.69) is 26.0 Å². The fourth-order valence-electron chi connectivity index (χ4n) is 0.606. The molecule has 0 aliphatic carbocycles. The largest absolute Gasteiger partial charge is 0.0888 e. The topological polar surface area (TPSA) is 0 Å². The minimum absolute atomic E-state index is 1.18. The minimum atomic E-state index is 1.18. The van der Waals surface area contributed by atoms with E-state index in [4.69, 9.17) is 0 Å². The van der Waals surface area contributed by atoms with Gasteiger partial charge in [0.25, 0.3) is 0 Å². The van der Waals surface area contributed by atoms with Crippen molar-refractivity contribution < 1.29 is 0 Å². The van der Waals surface area contributed by atoms with Gasteiger partial charge in [-0.3, -0.25) is 0 Å². The van der Waals surface area contributed by atoms with Gasteiger partial charge in [-0.15, -0.1) is 0 Å². The SMILES string of the molecule is CCC=CCCCC. The summed E-state index contributed by atoms with van der Waals surface area (Å²) in [7, 11) is 0. The molecular formula is C8H16. The smallest absolute Gasteiger partial charge is 0.0351 e. The highest BCUT2D eigenvalue weighted by molar-refractivity contribution is 4.79. The molecule has 0 saturated carbocycles. The summed E-state index contributed by atoms with van der Waals surface area (Å²) >= 11 is 0. The van der Waals surface area contributed by atoms with Crippen molar-refractivity contribution in [2.75, 3.05) is 0 Å². The Morgan fingerprint density at radius 1 is 1.12 bits per heavy atom. The maximum absolute atomic E-state index is 2.27. The first-order valence-corrected chi connectivity index (χ1v) is 3.56. The summed E-state index contributed by atoms with van der Waals surface area (Å²) in [6.45, 7) is 4.39. The minimum Gasteiger partial charge on any atom is -0.0888 e. The summed E-state index contributed by atoms with van der Waals surface area (Å²) in [6, 6.07) is 0. The molecule has 0 rings (SSSR count). The molecule has 0 saturated heterocycles. The van der Waals surface area contributed by atoms with Crippen molar-refractivity contribution in [3.05, 3.63) is 12.2 Å². The average molecular weight is 112 g/mol. The fraction of sp³-hybridized carbons (Fsp3) is 0.750.